The number of nitrogens with zero attached hydrogens (tertiary/aromatic N) is 2. The normalized spacial score (nSPS) is 10.0. The summed E-state index contributed by atoms with van der Waals surface area (Å²) < 4.78 is 4.95. The van der Waals surface area contributed by atoms with Gasteiger partial charge in [0.05, 0.1) is 0 Å². The summed E-state index contributed by atoms with van der Waals surface area (Å²) in [5, 5.41) is 10.2. The van der Waals surface area contributed by atoms with Crippen molar-refractivity contribution in [2.45, 2.75) is 6.54 Å². The Balaban J connectivity index is 1.95. The molecule has 1 heterocycles. The van der Waals surface area contributed by atoms with Gasteiger partial charge < -0.3 is 15.5 Å². The topological polar surface area (TPSA) is 77.0 Å². The number of hydrogen-bond acceptors (Lipinski definition) is 5. The Morgan fingerprint density at radius 3 is 2.64 bits per heavy atom. The van der Waals surface area contributed by atoms with Gasteiger partial charge in [-0.25, -0.2) is 0 Å². The third-order valence-corrected chi connectivity index (χ3v) is 1.73. The van der Waals surface area contributed by atoms with Crippen LogP contribution in [0.2, 0.25) is 0 Å². The van der Waals surface area contributed by atoms with Gasteiger partial charge in [0.15, 0.2) is 0 Å². The number of hydrogen-bond donors (Lipinski definition) is 2. The predicted octanol–water partition coefficient (Wildman–Crippen LogP) is 1.26. The predicted molar refractivity (Wildman–Crippen MR) is 52.5 cm³/mol. The van der Waals surface area contributed by atoms with Crippen LogP contribution in [-0.2, 0) is 6.54 Å². The minimum Gasteiger partial charge on any atom is -0.390 e. The first kappa shape index (κ1) is 8.55. The first-order chi connectivity index (χ1) is 6.84. The van der Waals surface area contributed by atoms with Crippen LogP contribution in [0, 0.1) is 0 Å². The average molecular weight is 190 g/mol. The van der Waals surface area contributed by atoms with Crippen molar-refractivity contribution >= 4 is 12.0 Å². The van der Waals surface area contributed by atoms with Gasteiger partial charge in [0.1, 0.15) is 0 Å². The minimum atomic E-state index is 0.0700. The molecule has 0 aliphatic rings. The van der Waals surface area contributed by atoms with E-state index in [1.54, 1.807) is 0 Å². The number of benzene rings is 1. The molecular weight excluding hydrogens is 180 g/mol. The number of anilines is 2. The highest BCUT2D eigenvalue weighted by Gasteiger charge is 2.00. The molecule has 0 atom stereocenters. The van der Waals surface area contributed by atoms with Crippen molar-refractivity contribution in [1.29, 1.82) is 0 Å². The summed E-state index contributed by atoms with van der Waals surface area (Å²) in [6, 6.07) is 10.3. The van der Waals surface area contributed by atoms with Gasteiger partial charge in [0.25, 0.3) is 0 Å². The summed E-state index contributed by atoms with van der Waals surface area (Å²) >= 11 is 0. The Morgan fingerprint density at radius 2 is 2.00 bits per heavy atom. The van der Waals surface area contributed by atoms with Crippen LogP contribution in [0.5, 0.6) is 0 Å². The number of aromatic nitrogens is 2. The van der Waals surface area contributed by atoms with Gasteiger partial charge in [-0.05, 0) is 5.56 Å². The van der Waals surface area contributed by atoms with Crippen molar-refractivity contribution in [2.24, 2.45) is 0 Å². The van der Waals surface area contributed by atoms with Crippen LogP contribution in [0.25, 0.3) is 0 Å². The lowest BCUT2D eigenvalue weighted by Gasteiger charge is -1.99. The summed E-state index contributed by atoms with van der Waals surface area (Å²) in [5.41, 5.74) is 6.41. The van der Waals surface area contributed by atoms with Gasteiger partial charge in [0, 0.05) is 6.54 Å². The molecule has 5 nitrogen and oxygen atoms in total. The smallest absolute Gasteiger partial charge is 0.317 e. The highest BCUT2D eigenvalue weighted by molar-refractivity contribution is 5.26. The van der Waals surface area contributed by atoms with Crippen molar-refractivity contribution in [2.75, 3.05) is 11.1 Å². The Bertz CT molecular complexity index is 398. The molecule has 0 amide bonds. The third kappa shape index (κ3) is 2.01. The molecule has 72 valence electrons. The molecule has 3 N–H and O–H groups in total. The third-order valence-electron chi connectivity index (χ3n) is 1.73. The van der Waals surface area contributed by atoms with E-state index in [9.17, 15) is 0 Å². The van der Waals surface area contributed by atoms with Gasteiger partial charge >= 0.3 is 12.0 Å². The van der Waals surface area contributed by atoms with E-state index in [1.807, 2.05) is 30.3 Å². The second kappa shape index (κ2) is 3.78. The number of nitrogen functional groups attached to an aromatic ring is 1. The molecule has 0 unspecified atom stereocenters. The van der Waals surface area contributed by atoms with Crippen LogP contribution in [-0.4, -0.2) is 10.2 Å². The van der Waals surface area contributed by atoms with Gasteiger partial charge in [-0.3, -0.25) is 0 Å². The SMILES string of the molecule is Nc1nnc(NCc2ccccc2)o1. The lowest BCUT2D eigenvalue weighted by atomic mass is 10.2. The van der Waals surface area contributed by atoms with E-state index in [0.29, 0.717) is 12.6 Å². The summed E-state index contributed by atoms with van der Waals surface area (Å²) in [6.45, 7) is 0.641. The Labute approximate surface area is 80.9 Å². The maximum Gasteiger partial charge on any atom is 0.317 e. The fraction of sp³-hybridized carbons (Fsp3) is 0.111. The molecule has 1 aromatic carbocycles. The molecule has 1 aromatic heterocycles. The molecule has 2 rings (SSSR count). The quantitative estimate of drug-likeness (QED) is 0.762. The summed E-state index contributed by atoms with van der Waals surface area (Å²) in [7, 11) is 0. The van der Waals surface area contributed by atoms with E-state index < -0.39 is 0 Å². The van der Waals surface area contributed by atoms with Crippen LogP contribution >= 0.6 is 0 Å². The van der Waals surface area contributed by atoms with Crippen LogP contribution in [0.1, 0.15) is 5.56 Å². The fourth-order valence-corrected chi connectivity index (χ4v) is 1.08. The van der Waals surface area contributed by atoms with Crippen molar-refractivity contribution < 1.29 is 4.42 Å². The van der Waals surface area contributed by atoms with Crippen LogP contribution in [0.3, 0.4) is 0 Å². The molecule has 0 saturated carbocycles. The first-order valence-corrected chi connectivity index (χ1v) is 4.21. The average Bonchev–Trinajstić information content (AvgIpc) is 2.63. The summed E-state index contributed by atoms with van der Waals surface area (Å²) in [6.07, 6.45) is 0. The lowest BCUT2D eigenvalue weighted by Crippen LogP contribution is -1.98. The molecule has 0 aliphatic heterocycles. The monoisotopic (exact) mass is 190 g/mol. The number of rotatable bonds is 3. The molecule has 5 heteroatoms. The molecular formula is C9H10N4O. The largest absolute Gasteiger partial charge is 0.390 e. The molecule has 2 aromatic rings. The minimum absolute atomic E-state index is 0.0700. The van der Waals surface area contributed by atoms with E-state index in [2.05, 4.69) is 15.5 Å². The van der Waals surface area contributed by atoms with Crippen LogP contribution in [0.15, 0.2) is 34.7 Å². The zero-order valence-electron chi connectivity index (χ0n) is 7.47. The van der Waals surface area contributed by atoms with E-state index in [1.165, 1.54) is 0 Å². The van der Waals surface area contributed by atoms with Crippen molar-refractivity contribution in [3.63, 3.8) is 0 Å². The highest BCUT2D eigenvalue weighted by atomic mass is 16.4. The summed E-state index contributed by atoms with van der Waals surface area (Å²) in [4.78, 5) is 0. The van der Waals surface area contributed by atoms with Crippen molar-refractivity contribution in [1.82, 2.24) is 10.2 Å². The fourth-order valence-electron chi connectivity index (χ4n) is 1.08. The van der Waals surface area contributed by atoms with Crippen LogP contribution < -0.4 is 11.1 Å². The molecule has 14 heavy (non-hydrogen) atoms. The molecule has 0 saturated heterocycles. The zero-order chi connectivity index (χ0) is 9.80. The zero-order valence-corrected chi connectivity index (χ0v) is 7.47. The second-order valence-corrected chi connectivity index (χ2v) is 2.78. The van der Waals surface area contributed by atoms with Gasteiger partial charge in [-0.2, -0.15) is 0 Å². The van der Waals surface area contributed by atoms with E-state index in [0.717, 1.165) is 5.56 Å². The lowest BCUT2D eigenvalue weighted by molar-refractivity contribution is 0.586. The van der Waals surface area contributed by atoms with Gasteiger partial charge in [0.2, 0.25) is 0 Å². The Kier molecular flexibility index (Phi) is 2.31. The molecule has 0 bridgehead atoms. The van der Waals surface area contributed by atoms with Crippen LogP contribution in [0.4, 0.5) is 12.0 Å². The van der Waals surface area contributed by atoms with Gasteiger partial charge in [-0.15, -0.1) is 0 Å². The molecule has 0 spiro atoms. The van der Waals surface area contributed by atoms with E-state index in [-0.39, 0.29) is 6.01 Å². The number of nitrogens with one attached hydrogen (secondary N) is 1. The van der Waals surface area contributed by atoms with Crippen molar-refractivity contribution in [3.05, 3.63) is 35.9 Å². The first-order valence-electron chi connectivity index (χ1n) is 4.21. The van der Waals surface area contributed by atoms with Gasteiger partial charge in [-0.1, -0.05) is 40.5 Å². The van der Waals surface area contributed by atoms with E-state index >= 15 is 0 Å². The molecule has 0 aliphatic carbocycles. The Hall–Kier alpha value is -2.04. The molecule has 0 radical (unpaired) electrons. The molecule has 0 fully saturated rings. The maximum absolute atomic E-state index is 5.27. The van der Waals surface area contributed by atoms with E-state index in [4.69, 9.17) is 10.2 Å². The Morgan fingerprint density at radius 1 is 1.21 bits per heavy atom. The summed E-state index contributed by atoms with van der Waals surface area (Å²) in [5.74, 6) is 0. The second-order valence-electron chi connectivity index (χ2n) is 2.78. The van der Waals surface area contributed by atoms with Crippen molar-refractivity contribution in [3.8, 4) is 0 Å². The standard InChI is InChI=1S/C9H10N4O/c10-8-12-13-9(14-8)11-6-7-4-2-1-3-5-7/h1-5H,6H2,(H2,10,12)(H,11,13). The highest BCUT2D eigenvalue weighted by Crippen LogP contribution is 2.08. The number of nitrogens with two attached hydrogens (primary N) is 1. The maximum atomic E-state index is 5.27.